The average molecular weight is 244 g/mol. The lowest BCUT2D eigenvalue weighted by molar-refractivity contribution is -0.0464. The highest BCUT2D eigenvalue weighted by Crippen LogP contribution is 2.35. The predicted octanol–water partition coefficient (Wildman–Crippen LogP) is 1.32. The van der Waals surface area contributed by atoms with Gasteiger partial charge in [-0.3, -0.25) is 4.90 Å². The van der Waals surface area contributed by atoms with Crippen LogP contribution in [0.4, 0.5) is 0 Å². The lowest BCUT2D eigenvalue weighted by Crippen LogP contribution is -2.63. The standard InChI is InChI=1S/C12H24N2OS/c1-11(2)9-14(5-7-16-11)12(8-13)4-3-6-15-10-12/h3-10,13H2,1-2H3. The molecule has 1 atom stereocenters. The molecule has 0 aliphatic carbocycles. The van der Waals surface area contributed by atoms with Gasteiger partial charge in [0.05, 0.1) is 12.1 Å². The molecular formula is C12H24N2OS. The highest BCUT2D eigenvalue weighted by molar-refractivity contribution is 8.00. The predicted molar refractivity (Wildman–Crippen MR) is 69.9 cm³/mol. The first-order chi connectivity index (χ1) is 7.58. The Bertz CT molecular complexity index is 239. The maximum Gasteiger partial charge on any atom is 0.0662 e. The van der Waals surface area contributed by atoms with E-state index < -0.39 is 0 Å². The van der Waals surface area contributed by atoms with E-state index in [-0.39, 0.29) is 5.54 Å². The van der Waals surface area contributed by atoms with Gasteiger partial charge in [0.1, 0.15) is 0 Å². The number of thioether (sulfide) groups is 1. The van der Waals surface area contributed by atoms with Gasteiger partial charge in [-0.15, -0.1) is 0 Å². The van der Waals surface area contributed by atoms with Gasteiger partial charge in [-0.2, -0.15) is 11.8 Å². The molecule has 4 heteroatoms. The molecule has 0 aromatic heterocycles. The van der Waals surface area contributed by atoms with E-state index in [0.717, 1.165) is 39.3 Å². The van der Waals surface area contributed by atoms with E-state index in [0.29, 0.717) is 4.75 Å². The summed E-state index contributed by atoms with van der Waals surface area (Å²) in [4.78, 5) is 2.59. The second-order valence-electron chi connectivity index (χ2n) is 5.61. The maximum absolute atomic E-state index is 6.03. The number of rotatable bonds is 2. The highest BCUT2D eigenvalue weighted by atomic mass is 32.2. The smallest absolute Gasteiger partial charge is 0.0662 e. The van der Waals surface area contributed by atoms with Crippen LogP contribution in [0.5, 0.6) is 0 Å². The van der Waals surface area contributed by atoms with Crippen molar-refractivity contribution >= 4 is 11.8 Å². The Balaban J connectivity index is 2.08. The normalized spacial score (nSPS) is 36.2. The Kier molecular flexibility index (Phi) is 3.84. The van der Waals surface area contributed by atoms with E-state index >= 15 is 0 Å². The minimum Gasteiger partial charge on any atom is -0.379 e. The molecule has 3 nitrogen and oxygen atoms in total. The summed E-state index contributed by atoms with van der Waals surface area (Å²) in [6.07, 6.45) is 2.35. The van der Waals surface area contributed by atoms with Crippen molar-refractivity contribution in [1.82, 2.24) is 4.90 Å². The van der Waals surface area contributed by atoms with Gasteiger partial charge in [0.2, 0.25) is 0 Å². The molecule has 0 aromatic rings. The first-order valence-corrected chi connectivity index (χ1v) is 7.23. The second-order valence-corrected chi connectivity index (χ2v) is 7.42. The Labute approximate surface area is 103 Å². The van der Waals surface area contributed by atoms with E-state index in [1.54, 1.807) is 0 Å². The lowest BCUT2D eigenvalue weighted by Gasteiger charge is -2.50. The fourth-order valence-electron chi connectivity index (χ4n) is 2.80. The lowest BCUT2D eigenvalue weighted by atomic mass is 9.89. The summed E-state index contributed by atoms with van der Waals surface area (Å²) in [5, 5.41) is 0. The van der Waals surface area contributed by atoms with Crippen molar-refractivity contribution < 1.29 is 4.74 Å². The summed E-state index contributed by atoms with van der Waals surface area (Å²) >= 11 is 2.07. The van der Waals surface area contributed by atoms with Gasteiger partial charge in [0.15, 0.2) is 0 Å². The van der Waals surface area contributed by atoms with Crippen LogP contribution in [-0.4, -0.2) is 53.8 Å². The van der Waals surface area contributed by atoms with Crippen LogP contribution in [0.15, 0.2) is 0 Å². The van der Waals surface area contributed by atoms with Crippen LogP contribution in [-0.2, 0) is 4.74 Å². The zero-order valence-corrected chi connectivity index (χ0v) is 11.3. The maximum atomic E-state index is 6.03. The summed E-state index contributed by atoms with van der Waals surface area (Å²) < 4.78 is 6.03. The monoisotopic (exact) mass is 244 g/mol. The largest absolute Gasteiger partial charge is 0.379 e. The van der Waals surface area contributed by atoms with Gasteiger partial charge >= 0.3 is 0 Å². The summed E-state index contributed by atoms with van der Waals surface area (Å²) in [7, 11) is 0. The molecule has 0 spiro atoms. The van der Waals surface area contributed by atoms with Crippen molar-refractivity contribution in [2.24, 2.45) is 5.73 Å². The molecule has 0 radical (unpaired) electrons. The number of nitrogens with zero attached hydrogens (tertiary/aromatic N) is 1. The number of hydrogen-bond acceptors (Lipinski definition) is 4. The SMILES string of the molecule is CC1(C)CN(C2(CN)CCCOC2)CCS1. The Morgan fingerprint density at radius 2 is 2.25 bits per heavy atom. The van der Waals surface area contributed by atoms with Crippen LogP contribution in [0, 0.1) is 0 Å². The van der Waals surface area contributed by atoms with Gasteiger partial charge in [-0.25, -0.2) is 0 Å². The summed E-state index contributed by atoms with van der Waals surface area (Å²) in [5.74, 6) is 1.22. The van der Waals surface area contributed by atoms with Gasteiger partial charge in [-0.05, 0) is 26.7 Å². The zero-order chi connectivity index (χ0) is 11.6. The van der Waals surface area contributed by atoms with Gasteiger partial charge < -0.3 is 10.5 Å². The summed E-state index contributed by atoms with van der Waals surface area (Å²) in [5.41, 5.74) is 6.15. The summed E-state index contributed by atoms with van der Waals surface area (Å²) in [6.45, 7) is 9.42. The highest BCUT2D eigenvalue weighted by Gasteiger charge is 2.41. The quantitative estimate of drug-likeness (QED) is 0.795. The molecule has 2 fully saturated rings. The molecule has 16 heavy (non-hydrogen) atoms. The van der Waals surface area contributed by atoms with Gasteiger partial charge in [0, 0.05) is 36.7 Å². The van der Waals surface area contributed by atoms with Crippen molar-refractivity contribution in [2.45, 2.75) is 37.0 Å². The molecule has 2 heterocycles. The fourth-order valence-corrected chi connectivity index (χ4v) is 3.91. The molecule has 2 rings (SSSR count). The third kappa shape index (κ3) is 2.55. The Morgan fingerprint density at radius 3 is 2.81 bits per heavy atom. The average Bonchev–Trinajstić information content (AvgIpc) is 2.29. The third-order valence-electron chi connectivity index (χ3n) is 3.78. The van der Waals surface area contributed by atoms with Crippen LogP contribution < -0.4 is 5.73 Å². The van der Waals surface area contributed by atoms with E-state index in [9.17, 15) is 0 Å². The summed E-state index contributed by atoms with van der Waals surface area (Å²) in [6, 6.07) is 0. The molecule has 1 unspecified atom stereocenters. The molecule has 2 N–H and O–H groups in total. The first-order valence-electron chi connectivity index (χ1n) is 6.25. The molecule has 0 amide bonds. The first kappa shape index (κ1) is 12.7. The molecule has 0 bridgehead atoms. The van der Waals surface area contributed by atoms with Crippen LogP contribution in [0.1, 0.15) is 26.7 Å². The van der Waals surface area contributed by atoms with Crippen molar-refractivity contribution in [3.05, 3.63) is 0 Å². The molecule has 2 aliphatic heterocycles. The number of hydrogen-bond donors (Lipinski definition) is 1. The van der Waals surface area contributed by atoms with Crippen LogP contribution in [0.25, 0.3) is 0 Å². The van der Waals surface area contributed by atoms with Crippen LogP contribution in [0.2, 0.25) is 0 Å². The van der Waals surface area contributed by atoms with Gasteiger partial charge in [-0.1, -0.05) is 0 Å². The van der Waals surface area contributed by atoms with Crippen molar-refractivity contribution in [1.29, 1.82) is 0 Å². The molecule has 0 saturated carbocycles. The molecule has 2 aliphatic rings. The Hall–Kier alpha value is 0.230. The topological polar surface area (TPSA) is 38.5 Å². The van der Waals surface area contributed by atoms with Crippen molar-refractivity contribution in [2.75, 3.05) is 38.6 Å². The van der Waals surface area contributed by atoms with Crippen molar-refractivity contribution in [3.8, 4) is 0 Å². The second kappa shape index (κ2) is 4.84. The van der Waals surface area contributed by atoms with Crippen LogP contribution in [0.3, 0.4) is 0 Å². The van der Waals surface area contributed by atoms with E-state index in [1.807, 2.05) is 0 Å². The number of nitrogens with two attached hydrogens (primary N) is 1. The number of ether oxygens (including phenoxy) is 1. The molecule has 94 valence electrons. The van der Waals surface area contributed by atoms with Crippen molar-refractivity contribution in [3.63, 3.8) is 0 Å². The van der Waals surface area contributed by atoms with Gasteiger partial charge in [0.25, 0.3) is 0 Å². The van der Waals surface area contributed by atoms with E-state index in [4.69, 9.17) is 10.5 Å². The molecular weight excluding hydrogens is 220 g/mol. The van der Waals surface area contributed by atoms with E-state index in [1.165, 1.54) is 12.2 Å². The molecule has 2 saturated heterocycles. The third-order valence-corrected chi connectivity index (χ3v) is 5.08. The zero-order valence-electron chi connectivity index (χ0n) is 10.5. The Morgan fingerprint density at radius 1 is 1.44 bits per heavy atom. The van der Waals surface area contributed by atoms with E-state index in [2.05, 4.69) is 30.5 Å². The molecule has 0 aromatic carbocycles. The minimum atomic E-state index is 0.122. The fraction of sp³-hybridized carbons (Fsp3) is 1.00. The minimum absolute atomic E-state index is 0.122. The van der Waals surface area contributed by atoms with Crippen LogP contribution >= 0.6 is 11.8 Å².